The van der Waals surface area contributed by atoms with Crippen LogP contribution in [0, 0.1) is 11.3 Å². The van der Waals surface area contributed by atoms with E-state index in [1.165, 1.54) is 5.56 Å². The summed E-state index contributed by atoms with van der Waals surface area (Å²) in [6.45, 7) is 2.29. The second kappa shape index (κ2) is 6.50. The zero-order valence-electron chi connectivity index (χ0n) is 12.9. The lowest BCUT2D eigenvalue weighted by atomic mass is 9.99. The molecule has 1 aromatic rings. The van der Waals surface area contributed by atoms with Crippen LogP contribution < -0.4 is 5.32 Å². The van der Waals surface area contributed by atoms with E-state index >= 15 is 0 Å². The average Bonchev–Trinajstić information content (AvgIpc) is 3.18. The molecule has 1 unspecified atom stereocenters. The molecule has 1 aliphatic carbocycles. The predicted molar refractivity (Wildman–Crippen MR) is 85.2 cm³/mol. The van der Waals surface area contributed by atoms with Crippen LogP contribution in [-0.2, 0) is 4.79 Å². The number of nitrogens with one attached hydrogen (secondary N) is 1. The van der Waals surface area contributed by atoms with Gasteiger partial charge in [0.2, 0.25) is 5.91 Å². The van der Waals surface area contributed by atoms with Gasteiger partial charge in [0, 0.05) is 6.54 Å². The molecule has 1 saturated carbocycles. The first-order valence-electron chi connectivity index (χ1n) is 8.20. The van der Waals surface area contributed by atoms with Crippen LogP contribution in [0.3, 0.4) is 0 Å². The molecule has 1 saturated heterocycles. The molecule has 22 heavy (non-hydrogen) atoms. The summed E-state index contributed by atoms with van der Waals surface area (Å²) in [5, 5.41) is 12.3. The number of hydrogen-bond donors (Lipinski definition) is 1. The van der Waals surface area contributed by atoms with Gasteiger partial charge in [-0.1, -0.05) is 30.3 Å². The van der Waals surface area contributed by atoms with Gasteiger partial charge in [-0.05, 0) is 50.1 Å². The minimum Gasteiger partial charge on any atom is -0.337 e. The van der Waals surface area contributed by atoms with Crippen molar-refractivity contribution in [1.29, 1.82) is 5.26 Å². The minimum absolute atomic E-state index is 0.00263. The van der Waals surface area contributed by atoms with Gasteiger partial charge in [0.05, 0.1) is 12.6 Å². The maximum absolute atomic E-state index is 12.3. The molecular weight excluding hydrogens is 274 g/mol. The van der Waals surface area contributed by atoms with Gasteiger partial charge in [0.25, 0.3) is 0 Å². The Morgan fingerprint density at radius 3 is 2.73 bits per heavy atom. The summed E-state index contributed by atoms with van der Waals surface area (Å²) in [6.07, 6.45) is 4.76. The van der Waals surface area contributed by atoms with Gasteiger partial charge >= 0.3 is 0 Å². The van der Waals surface area contributed by atoms with Crippen LogP contribution in [0.25, 0.3) is 0 Å². The number of amides is 1. The summed E-state index contributed by atoms with van der Waals surface area (Å²) in [5.74, 6) is 0.516. The molecule has 1 atom stereocenters. The third-order valence-electron chi connectivity index (χ3n) is 4.96. The fraction of sp³-hybridized carbons (Fsp3) is 0.556. The second-order valence-electron chi connectivity index (χ2n) is 6.58. The largest absolute Gasteiger partial charge is 0.337 e. The van der Waals surface area contributed by atoms with Crippen LogP contribution >= 0.6 is 0 Å². The summed E-state index contributed by atoms with van der Waals surface area (Å²) < 4.78 is 0. The lowest BCUT2D eigenvalue weighted by Gasteiger charge is -2.24. The van der Waals surface area contributed by atoms with Crippen molar-refractivity contribution >= 4 is 5.91 Å². The summed E-state index contributed by atoms with van der Waals surface area (Å²) in [6, 6.07) is 12.8. The standard InChI is InChI=1S/C18H23N3O/c19-14-18(9-4-5-10-18)20-17(22)13-21-11-8-16(12-21)15-6-2-1-3-7-15/h1-3,6-7,16H,4-5,8-13H2,(H,20,22). The van der Waals surface area contributed by atoms with E-state index in [9.17, 15) is 10.1 Å². The Bertz CT molecular complexity index is 557. The van der Waals surface area contributed by atoms with Crippen LogP contribution in [0.4, 0.5) is 0 Å². The van der Waals surface area contributed by atoms with Crippen molar-refractivity contribution in [2.75, 3.05) is 19.6 Å². The van der Waals surface area contributed by atoms with Crippen molar-refractivity contribution in [3.05, 3.63) is 35.9 Å². The second-order valence-corrected chi connectivity index (χ2v) is 6.58. The summed E-state index contributed by atoms with van der Waals surface area (Å²) in [5.41, 5.74) is 0.755. The van der Waals surface area contributed by atoms with Crippen molar-refractivity contribution in [1.82, 2.24) is 10.2 Å². The number of nitriles is 1. The van der Waals surface area contributed by atoms with E-state index in [1.807, 2.05) is 6.07 Å². The smallest absolute Gasteiger partial charge is 0.235 e. The van der Waals surface area contributed by atoms with E-state index in [1.54, 1.807) is 0 Å². The molecule has 0 spiro atoms. The lowest BCUT2D eigenvalue weighted by molar-refractivity contribution is -0.123. The van der Waals surface area contributed by atoms with Crippen LogP contribution in [0.1, 0.15) is 43.6 Å². The molecule has 0 radical (unpaired) electrons. The van der Waals surface area contributed by atoms with Crippen LogP contribution in [0.2, 0.25) is 0 Å². The number of hydrogen-bond acceptors (Lipinski definition) is 3. The molecule has 4 nitrogen and oxygen atoms in total. The zero-order valence-corrected chi connectivity index (χ0v) is 12.9. The van der Waals surface area contributed by atoms with Gasteiger partial charge in [0.15, 0.2) is 0 Å². The number of carbonyl (C=O) groups is 1. The Hall–Kier alpha value is -1.86. The molecule has 3 rings (SSSR count). The van der Waals surface area contributed by atoms with Crippen LogP contribution in [0.15, 0.2) is 30.3 Å². The molecule has 2 fully saturated rings. The molecule has 1 heterocycles. The van der Waals surface area contributed by atoms with E-state index < -0.39 is 5.54 Å². The van der Waals surface area contributed by atoms with E-state index in [2.05, 4.69) is 40.6 Å². The van der Waals surface area contributed by atoms with E-state index in [0.717, 1.165) is 45.2 Å². The third kappa shape index (κ3) is 3.31. The highest BCUT2D eigenvalue weighted by Gasteiger charge is 2.36. The highest BCUT2D eigenvalue weighted by atomic mass is 16.2. The van der Waals surface area contributed by atoms with Crippen molar-refractivity contribution in [3.63, 3.8) is 0 Å². The average molecular weight is 297 g/mol. The molecule has 1 aromatic carbocycles. The number of benzene rings is 1. The molecule has 0 bridgehead atoms. The Labute approximate surface area is 132 Å². The molecule has 1 aliphatic heterocycles. The van der Waals surface area contributed by atoms with Crippen molar-refractivity contribution < 1.29 is 4.79 Å². The van der Waals surface area contributed by atoms with Gasteiger partial charge in [0.1, 0.15) is 5.54 Å². The minimum atomic E-state index is -0.602. The molecule has 0 aromatic heterocycles. The third-order valence-corrected chi connectivity index (χ3v) is 4.96. The number of rotatable bonds is 4. The Kier molecular flexibility index (Phi) is 4.44. The zero-order chi connectivity index (χ0) is 15.4. The van der Waals surface area contributed by atoms with Gasteiger partial charge in [-0.15, -0.1) is 0 Å². The molecule has 116 valence electrons. The van der Waals surface area contributed by atoms with Gasteiger partial charge in [-0.25, -0.2) is 0 Å². The normalized spacial score (nSPS) is 24.0. The van der Waals surface area contributed by atoms with Crippen molar-refractivity contribution in [2.24, 2.45) is 0 Å². The SMILES string of the molecule is N#CC1(NC(=O)CN2CCC(c3ccccc3)C2)CCCC1. The summed E-state index contributed by atoms with van der Waals surface area (Å²) >= 11 is 0. The van der Waals surface area contributed by atoms with Crippen LogP contribution in [-0.4, -0.2) is 36.0 Å². The first kappa shape index (κ1) is 15.1. The van der Waals surface area contributed by atoms with Gasteiger partial charge in [-0.3, -0.25) is 9.69 Å². The number of carbonyl (C=O) groups excluding carboxylic acids is 1. The monoisotopic (exact) mass is 297 g/mol. The molecule has 1 N–H and O–H groups in total. The molecule has 4 heteroatoms. The highest BCUT2D eigenvalue weighted by molar-refractivity contribution is 5.79. The summed E-state index contributed by atoms with van der Waals surface area (Å²) in [7, 11) is 0. The summed E-state index contributed by atoms with van der Waals surface area (Å²) in [4.78, 5) is 14.5. The first-order chi connectivity index (χ1) is 10.7. The molecule has 1 amide bonds. The molecular formula is C18H23N3O. The molecule has 2 aliphatic rings. The van der Waals surface area contributed by atoms with E-state index in [-0.39, 0.29) is 5.91 Å². The van der Waals surface area contributed by atoms with Gasteiger partial charge in [-0.2, -0.15) is 5.26 Å². The highest BCUT2D eigenvalue weighted by Crippen LogP contribution is 2.29. The maximum Gasteiger partial charge on any atom is 0.235 e. The van der Waals surface area contributed by atoms with Gasteiger partial charge < -0.3 is 5.32 Å². The number of nitrogens with zero attached hydrogens (tertiary/aromatic N) is 2. The quantitative estimate of drug-likeness (QED) is 0.928. The lowest BCUT2D eigenvalue weighted by Crippen LogP contribution is -2.48. The fourth-order valence-electron chi connectivity index (χ4n) is 3.73. The Morgan fingerprint density at radius 2 is 2.05 bits per heavy atom. The van der Waals surface area contributed by atoms with Crippen molar-refractivity contribution in [3.8, 4) is 6.07 Å². The van der Waals surface area contributed by atoms with Crippen molar-refractivity contribution in [2.45, 2.75) is 43.6 Å². The van der Waals surface area contributed by atoms with Crippen LogP contribution in [0.5, 0.6) is 0 Å². The Balaban J connectivity index is 1.52. The van der Waals surface area contributed by atoms with E-state index in [0.29, 0.717) is 12.5 Å². The first-order valence-corrected chi connectivity index (χ1v) is 8.20. The predicted octanol–water partition coefficient (Wildman–Crippen LogP) is 2.43. The maximum atomic E-state index is 12.3. The van der Waals surface area contributed by atoms with E-state index in [4.69, 9.17) is 0 Å². The Morgan fingerprint density at radius 1 is 1.32 bits per heavy atom. The topological polar surface area (TPSA) is 56.1 Å². The fourth-order valence-corrected chi connectivity index (χ4v) is 3.73. The number of likely N-dealkylation sites (tertiary alicyclic amines) is 1.